The van der Waals surface area contributed by atoms with Gasteiger partial charge in [0.2, 0.25) is 0 Å². The number of aryl methyl sites for hydroxylation is 2. The van der Waals surface area contributed by atoms with Crippen molar-refractivity contribution in [2.45, 2.75) is 32.7 Å². The average molecular weight is 261 g/mol. The van der Waals surface area contributed by atoms with Crippen molar-refractivity contribution < 1.29 is 9.53 Å². The number of hydrogen-bond donors (Lipinski definition) is 0. The van der Waals surface area contributed by atoms with Crippen LogP contribution in [0.1, 0.15) is 34.3 Å². The molecule has 104 valence electrons. The van der Waals surface area contributed by atoms with Gasteiger partial charge in [0.25, 0.3) is 0 Å². The maximum Gasteiger partial charge on any atom is 0.177 e. The molecular weight excluding hydrogens is 238 g/mol. The summed E-state index contributed by atoms with van der Waals surface area (Å²) in [6.07, 6.45) is 2.42. The van der Waals surface area contributed by atoms with E-state index in [1.54, 1.807) is 7.11 Å². The number of benzene rings is 1. The Morgan fingerprint density at radius 3 is 2.74 bits per heavy atom. The Kier molecular flexibility index (Phi) is 4.72. The third-order valence-corrected chi connectivity index (χ3v) is 3.69. The van der Waals surface area contributed by atoms with E-state index in [4.69, 9.17) is 4.74 Å². The van der Waals surface area contributed by atoms with Crippen molar-refractivity contribution in [1.82, 2.24) is 4.90 Å². The molecule has 0 aromatic heterocycles. The SMILES string of the molecule is COCCN(CC(=O)c1cc(C)ccc1C)C1CC1. The molecule has 0 radical (unpaired) electrons. The van der Waals surface area contributed by atoms with Gasteiger partial charge in [-0.2, -0.15) is 0 Å². The van der Waals surface area contributed by atoms with Crippen LogP contribution in [0.4, 0.5) is 0 Å². The molecule has 0 heterocycles. The number of rotatable bonds is 7. The Hall–Kier alpha value is -1.19. The van der Waals surface area contributed by atoms with Crippen molar-refractivity contribution >= 4 is 5.78 Å². The van der Waals surface area contributed by atoms with Crippen molar-refractivity contribution in [1.29, 1.82) is 0 Å². The lowest BCUT2D eigenvalue weighted by atomic mass is 10.0. The van der Waals surface area contributed by atoms with Crippen LogP contribution in [-0.2, 0) is 4.74 Å². The minimum atomic E-state index is 0.226. The Bertz CT molecular complexity index is 452. The van der Waals surface area contributed by atoms with Crippen molar-refractivity contribution in [2.75, 3.05) is 26.8 Å². The van der Waals surface area contributed by atoms with Crippen LogP contribution < -0.4 is 0 Å². The fourth-order valence-corrected chi connectivity index (χ4v) is 2.34. The number of methoxy groups -OCH3 is 1. The quantitative estimate of drug-likeness (QED) is 0.707. The van der Waals surface area contributed by atoms with Gasteiger partial charge in [-0.05, 0) is 38.3 Å². The van der Waals surface area contributed by atoms with E-state index in [0.29, 0.717) is 19.2 Å². The molecule has 0 spiro atoms. The Morgan fingerprint density at radius 1 is 1.37 bits per heavy atom. The Labute approximate surface area is 115 Å². The molecule has 0 amide bonds. The predicted molar refractivity (Wildman–Crippen MR) is 76.7 cm³/mol. The highest BCUT2D eigenvalue weighted by molar-refractivity contribution is 5.99. The molecule has 2 rings (SSSR count). The van der Waals surface area contributed by atoms with Gasteiger partial charge in [0, 0.05) is 25.3 Å². The molecule has 3 nitrogen and oxygen atoms in total. The van der Waals surface area contributed by atoms with E-state index in [1.165, 1.54) is 12.8 Å². The molecule has 1 aromatic carbocycles. The van der Waals surface area contributed by atoms with E-state index >= 15 is 0 Å². The fourth-order valence-electron chi connectivity index (χ4n) is 2.34. The second-order valence-corrected chi connectivity index (χ2v) is 5.44. The number of Topliss-reactive ketones (excluding diaryl/α,β-unsaturated/α-hetero) is 1. The first-order valence-corrected chi connectivity index (χ1v) is 6.95. The lowest BCUT2D eigenvalue weighted by Gasteiger charge is -2.21. The van der Waals surface area contributed by atoms with Crippen molar-refractivity contribution in [3.63, 3.8) is 0 Å². The van der Waals surface area contributed by atoms with Gasteiger partial charge in [-0.1, -0.05) is 17.7 Å². The minimum Gasteiger partial charge on any atom is -0.383 e. The summed E-state index contributed by atoms with van der Waals surface area (Å²) in [6.45, 7) is 6.08. The maximum absolute atomic E-state index is 12.4. The zero-order valence-corrected chi connectivity index (χ0v) is 12.1. The molecule has 0 bridgehead atoms. The molecule has 1 aromatic rings. The molecule has 0 atom stereocenters. The molecule has 1 aliphatic carbocycles. The predicted octanol–water partition coefficient (Wildman–Crippen LogP) is 2.60. The summed E-state index contributed by atoms with van der Waals surface area (Å²) in [4.78, 5) is 14.7. The smallest absolute Gasteiger partial charge is 0.177 e. The number of hydrogen-bond acceptors (Lipinski definition) is 3. The first-order chi connectivity index (χ1) is 9.11. The van der Waals surface area contributed by atoms with Crippen molar-refractivity contribution in [3.8, 4) is 0 Å². The number of ketones is 1. The topological polar surface area (TPSA) is 29.5 Å². The highest BCUT2D eigenvalue weighted by Gasteiger charge is 2.30. The summed E-state index contributed by atoms with van der Waals surface area (Å²) in [7, 11) is 1.71. The van der Waals surface area contributed by atoms with Crippen LogP contribution >= 0.6 is 0 Å². The van der Waals surface area contributed by atoms with Gasteiger partial charge in [0.1, 0.15) is 0 Å². The molecule has 1 saturated carbocycles. The zero-order chi connectivity index (χ0) is 13.8. The van der Waals surface area contributed by atoms with Crippen LogP contribution in [0.25, 0.3) is 0 Å². The van der Waals surface area contributed by atoms with Gasteiger partial charge in [0.15, 0.2) is 5.78 Å². The summed E-state index contributed by atoms with van der Waals surface area (Å²) in [5.74, 6) is 0.226. The molecule has 3 heteroatoms. The average Bonchev–Trinajstić information content (AvgIpc) is 3.21. The third-order valence-electron chi connectivity index (χ3n) is 3.69. The summed E-state index contributed by atoms with van der Waals surface area (Å²) >= 11 is 0. The van der Waals surface area contributed by atoms with Crippen LogP contribution in [0, 0.1) is 13.8 Å². The second-order valence-electron chi connectivity index (χ2n) is 5.44. The van der Waals surface area contributed by atoms with Gasteiger partial charge in [-0.15, -0.1) is 0 Å². The molecule has 0 aliphatic heterocycles. The van der Waals surface area contributed by atoms with Crippen LogP contribution in [0.3, 0.4) is 0 Å². The van der Waals surface area contributed by atoms with E-state index in [9.17, 15) is 4.79 Å². The summed E-state index contributed by atoms with van der Waals surface area (Å²) in [5.41, 5.74) is 3.07. The molecule has 1 aliphatic rings. The van der Waals surface area contributed by atoms with E-state index in [-0.39, 0.29) is 5.78 Å². The number of carbonyl (C=O) groups excluding carboxylic acids is 1. The van der Waals surface area contributed by atoms with E-state index in [1.807, 2.05) is 26.0 Å². The second kappa shape index (κ2) is 6.31. The lowest BCUT2D eigenvalue weighted by molar-refractivity contribution is 0.0885. The molecular formula is C16H23NO2. The Balaban J connectivity index is 2.03. The number of carbonyl (C=O) groups is 1. The van der Waals surface area contributed by atoms with Gasteiger partial charge >= 0.3 is 0 Å². The monoisotopic (exact) mass is 261 g/mol. The van der Waals surface area contributed by atoms with E-state index < -0.39 is 0 Å². The van der Waals surface area contributed by atoms with Gasteiger partial charge in [0.05, 0.1) is 13.2 Å². The van der Waals surface area contributed by atoms with Crippen LogP contribution in [0.5, 0.6) is 0 Å². The highest BCUT2D eigenvalue weighted by atomic mass is 16.5. The van der Waals surface area contributed by atoms with Crippen molar-refractivity contribution in [2.24, 2.45) is 0 Å². The molecule has 0 unspecified atom stereocenters. The van der Waals surface area contributed by atoms with Crippen LogP contribution in [0.2, 0.25) is 0 Å². The molecule has 19 heavy (non-hydrogen) atoms. The lowest BCUT2D eigenvalue weighted by Crippen LogP contribution is -2.34. The standard InChI is InChI=1S/C16H23NO2/c1-12-4-5-13(2)15(10-12)16(18)11-17(8-9-19-3)14-6-7-14/h4-5,10,14H,6-9,11H2,1-3H3. The largest absolute Gasteiger partial charge is 0.383 e. The van der Waals surface area contributed by atoms with Gasteiger partial charge in [-0.25, -0.2) is 0 Å². The minimum absolute atomic E-state index is 0.226. The third kappa shape index (κ3) is 3.88. The highest BCUT2D eigenvalue weighted by Crippen LogP contribution is 2.27. The van der Waals surface area contributed by atoms with E-state index in [0.717, 1.165) is 23.2 Å². The van der Waals surface area contributed by atoms with Crippen LogP contribution in [-0.4, -0.2) is 43.5 Å². The maximum atomic E-state index is 12.4. The fraction of sp³-hybridized carbons (Fsp3) is 0.562. The van der Waals surface area contributed by atoms with Crippen LogP contribution in [0.15, 0.2) is 18.2 Å². The first-order valence-electron chi connectivity index (χ1n) is 6.95. The summed E-state index contributed by atoms with van der Waals surface area (Å²) in [5, 5.41) is 0. The number of ether oxygens (including phenoxy) is 1. The summed E-state index contributed by atoms with van der Waals surface area (Å²) in [6, 6.07) is 6.66. The molecule has 0 saturated heterocycles. The van der Waals surface area contributed by atoms with Crippen molar-refractivity contribution in [3.05, 3.63) is 34.9 Å². The normalized spacial score (nSPS) is 14.9. The number of nitrogens with zero attached hydrogens (tertiary/aromatic N) is 1. The molecule has 0 N–H and O–H groups in total. The van der Waals surface area contributed by atoms with Gasteiger partial charge in [-0.3, -0.25) is 9.69 Å². The molecule has 1 fully saturated rings. The van der Waals surface area contributed by atoms with Gasteiger partial charge < -0.3 is 4.74 Å². The summed E-state index contributed by atoms with van der Waals surface area (Å²) < 4.78 is 5.13. The first kappa shape index (κ1) is 14.2. The Morgan fingerprint density at radius 2 is 2.11 bits per heavy atom. The van der Waals surface area contributed by atoms with E-state index in [2.05, 4.69) is 11.0 Å². The zero-order valence-electron chi connectivity index (χ0n) is 12.1.